The monoisotopic (exact) mass is 398 g/mol. The van der Waals surface area contributed by atoms with Gasteiger partial charge in [-0.3, -0.25) is 23.3 Å². The van der Waals surface area contributed by atoms with Gasteiger partial charge >= 0.3 is 5.69 Å². The molecule has 10 heteroatoms. The third kappa shape index (κ3) is 2.79. The molecule has 3 heterocycles. The molecule has 0 amide bonds. The Morgan fingerprint density at radius 2 is 1.79 bits per heavy atom. The number of anilines is 1. The number of halogens is 1. The maximum Gasteiger partial charge on any atom is 0.332 e. The molecule has 0 aliphatic carbocycles. The molecule has 1 aliphatic heterocycles. The lowest BCUT2D eigenvalue weighted by molar-refractivity contribution is -0.118. The number of carbonyl (C=O) groups is 1. The molecular weight excluding hydrogens is 379 g/mol. The van der Waals surface area contributed by atoms with Gasteiger partial charge < -0.3 is 0 Å². The molecule has 0 saturated heterocycles. The van der Waals surface area contributed by atoms with Crippen molar-refractivity contribution in [2.24, 2.45) is 19.2 Å². The summed E-state index contributed by atoms with van der Waals surface area (Å²) < 4.78 is 17.3. The number of rotatable bonds is 3. The van der Waals surface area contributed by atoms with E-state index in [2.05, 4.69) is 10.1 Å². The topological polar surface area (TPSA) is 94.5 Å². The summed E-state index contributed by atoms with van der Waals surface area (Å²) in [6, 6.07) is 5.16. The second kappa shape index (κ2) is 6.50. The normalized spacial score (nSPS) is 14.7. The molecule has 0 radical (unpaired) electrons. The minimum absolute atomic E-state index is 0.144. The maximum absolute atomic E-state index is 13.4. The summed E-state index contributed by atoms with van der Waals surface area (Å²) in [5.41, 5.74) is 0.660. The molecular formula is C19H19FN6O3. The van der Waals surface area contributed by atoms with Crippen LogP contribution in [0.25, 0.3) is 11.2 Å². The molecule has 29 heavy (non-hydrogen) atoms. The minimum atomic E-state index is -0.651. The highest BCUT2D eigenvalue weighted by Crippen LogP contribution is 2.27. The van der Waals surface area contributed by atoms with Gasteiger partial charge in [-0.2, -0.15) is 10.1 Å². The largest absolute Gasteiger partial charge is 0.332 e. The Hall–Kier alpha value is -3.56. The molecule has 9 nitrogen and oxygen atoms in total. The molecule has 3 aromatic rings. The lowest BCUT2D eigenvalue weighted by atomic mass is 10.1. The van der Waals surface area contributed by atoms with Crippen molar-refractivity contribution in [1.82, 2.24) is 18.7 Å². The molecule has 0 spiro atoms. The number of Topliss-reactive ketones (excluding diaryl/α,β-unsaturated/α-hetero) is 1. The highest BCUT2D eigenvalue weighted by atomic mass is 19.1. The fraction of sp³-hybridized carbons (Fsp3) is 0.316. The number of carbonyl (C=O) groups excluding carboxylic acids is 1. The van der Waals surface area contributed by atoms with Crippen molar-refractivity contribution in [3.05, 3.63) is 56.5 Å². The zero-order chi connectivity index (χ0) is 21.0. The second-order valence-corrected chi connectivity index (χ2v) is 7.06. The van der Waals surface area contributed by atoms with Crippen molar-refractivity contribution in [2.45, 2.75) is 26.4 Å². The van der Waals surface area contributed by atoms with E-state index < -0.39 is 17.3 Å². The summed E-state index contributed by atoms with van der Waals surface area (Å²) in [5.74, 6) is -0.224. The number of ketones is 1. The molecule has 1 aliphatic rings. The summed E-state index contributed by atoms with van der Waals surface area (Å²) in [5, 5.41) is 6.01. The molecule has 4 rings (SSSR count). The average Bonchev–Trinajstić information content (AvgIpc) is 3.09. The van der Waals surface area contributed by atoms with Crippen molar-refractivity contribution < 1.29 is 9.18 Å². The van der Waals surface area contributed by atoms with Crippen LogP contribution in [-0.2, 0) is 25.4 Å². The lowest BCUT2D eigenvalue weighted by Crippen LogP contribution is -2.41. The zero-order valence-corrected chi connectivity index (χ0v) is 16.4. The number of hydrogen-bond acceptors (Lipinski definition) is 6. The van der Waals surface area contributed by atoms with Gasteiger partial charge in [-0.15, -0.1) is 0 Å². The Bertz CT molecular complexity index is 1300. The van der Waals surface area contributed by atoms with E-state index in [1.807, 2.05) is 0 Å². The van der Waals surface area contributed by atoms with Gasteiger partial charge in [0.15, 0.2) is 16.9 Å². The minimum Gasteiger partial charge on any atom is -0.298 e. The molecule has 2 aromatic heterocycles. The van der Waals surface area contributed by atoms with Crippen LogP contribution in [0.2, 0.25) is 0 Å². The van der Waals surface area contributed by atoms with Crippen LogP contribution in [0.15, 0.2) is 39.0 Å². The van der Waals surface area contributed by atoms with Crippen LogP contribution in [0.5, 0.6) is 0 Å². The summed E-state index contributed by atoms with van der Waals surface area (Å²) >= 11 is 0. The van der Waals surface area contributed by atoms with Crippen molar-refractivity contribution in [3.8, 4) is 0 Å². The van der Waals surface area contributed by atoms with Gasteiger partial charge in [0.25, 0.3) is 5.56 Å². The summed E-state index contributed by atoms with van der Waals surface area (Å²) in [6.45, 7) is 3.31. The maximum atomic E-state index is 13.4. The second-order valence-electron chi connectivity index (χ2n) is 7.06. The predicted octanol–water partition coefficient (Wildman–Crippen LogP) is 0.775. The highest BCUT2D eigenvalue weighted by molar-refractivity contribution is 6.03. The van der Waals surface area contributed by atoms with Crippen LogP contribution in [0.3, 0.4) is 0 Å². The van der Waals surface area contributed by atoms with Crippen molar-refractivity contribution >= 4 is 28.6 Å². The average molecular weight is 398 g/mol. The number of benzene rings is 1. The fourth-order valence-corrected chi connectivity index (χ4v) is 3.34. The molecule has 0 N–H and O–H groups in total. The van der Waals surface area contributed by atoms with Crippen LogP contribution >= 0.6 is 0 Å². The first-order valence-electron chi connectivity index (χ1n) is 9.00. The van der Waals surface area contributed by atoms with E-state index in [4.69, 9.17) is 0 Å². The first-order valence-corrected chi connectivity index (χ1v) is 9.00. The van der Waals surface area contributed by atoms with E-state index in [-0.39, 0.29) is 29.3 Å². The van der Waals surface area contributed by atoms with E-state index in [1.54, 1.807) is 23.6 Å². The molecule has 1 unspecified atom stereocenters. The van der Waals surface area contributed by atoms with Gasteiger partial charge in [-0.25, -0.2) is 14.2 Å². The highest BCUT2D eigenvalue weighted by Gasteiger charge is 2.31. The number of hydrazone groups is 1. The van der Waals surface area contributed by atoms with Crippen LogP contribution in [-0.4, -0.2) is 36.2 Å². The summed E-state index contributed by atoms with van der Waals surface area (Å²) in [4.78, 5) is 41.7. The standard InChI is InChI=1S/C19H19FN6O3/c1-10(11(2)27)26-18-21-16-15(17(28)24(4)19(29)23(16)3)25(18)9-14(22-26)12-5-7-13(20)8-6-12/h5-8,10H,9H2,1-4H3. The van der Waals surface area contributed by atoms with E-state index in [9.17, 15) is 18.8 Å². The van der Waals surface area contributed by atoms with Crippen molar-refractivity contribution in [3.63, 3.8) is 0 Å². The number of aryl methyl sites for hydroxylation is 1. The van der Waals surface area contributed by atoms with Gasteiger partial charge in [-0.05, 0) is 31.5 Å². The number of aromatic nitrogens is 4. The Labute approximate surface area is 164 Å². The predicted molar refractivity (Wildman–Crippen MR) is 106 cm³/mol. The van der Waals surface area contributed by atoms with Gasteiger partial charge in [0.2, 0.25) is 5.95 Å². The Morgan fingerprint density at radius 1 is 1.14 bits per heavy atom. The van der Waals surface area contributed by atoms with Crippen LogP contribution in [0, 0.1) is 5.82 Å². The third-order valence-electron chi connectivity index (χ3n) is 5.20. The van der Waals surface area contributed by atoms with Gasteiger partial charge in [0.1, 0.15) is 11.9 Å². The van der Waals surface area contributed by atoms with Gasteiger partial charge in [-0.1, -0.05) is 12.1 Å². The SMILES string of the molecule is CC(=O)C(C)N1N=C(c2ccc(F)cc2)Cn2c1nc1c2c(=O)n(C)c(=O)n1C. The molecule has 0 fully saturated rings. The number of fused-ring (bicyclic) bond motifs is 3. The Morgan fingerprint density at radius 3 is 2.41 bits per heavy atom. The first-order chi connectivity index (χ1) is 13.7. The van der Waals surface area contributed by atoms with Gasteiger partial charge in [0, 0.05) is 14.1 Å². The molecule has 1 aromatic carbocycles. The van der Waals surface area contributed by atoms with Crippen LogP contribution in [0.1, 0.15) is 19.4 Å². The molecule has 1 atom stereocenters. The fourth-order valence-electron chi connectivity index (χ4n) is 3.34. The zero-order valence-electron chi connectivity index (χ0n) is 16.4. The number of hydrogen-bond donors (Lipinski definition) is 0. The Balaban J connectivity index is 2.01. The van der Waals surface area contributed by atoms with Crippen LogP contribution in [0.4, 0.5) is 10.3 Å². The van der Waals surface area contributed by atoms with Gasteiger partial charge in [0.05, 0.1) is 12.3 Å². The molecule has 0 bridgehead atoms. The number of nitrogens with zero attached hydrogens (tertiary/aromatic N) is 6. The summed E-state index contributed by atoms with van der Waals surface area (Å²) in [7, 11) is 2.93. The molecule has 150 valence electrons. The number of imidazole rings is 1. The molecule has 0 saturated carbocycles. The summed E-state index contributed by atoms with van der Waals surface area (Å²) in [6.07, 6.45) is 0. The third-order valence-corrected chi connectivity index (χ3v) is 5.20. The van der Waals surface area contributed by atoms with E-state index in [0.717, 1.165) is 4.57 Å². The van der Waals surface area contributed by atoms with E-state index in [0.29, 0.717) is 17.2 Å². The van der Waals surface area contributed by atoms with Crippen molar-refractivity contribution in [2.75, 3.05) is 5.01 Å². The van der Waals surface area contributed by atoms with E-state index >= 15 is 0 Å². The van der Waals surface area contributed by atoms with Crippen LogP contribution < -0.4 is 16.3 Å². The lowest BCUT2D eigenvalue weighted by Gasteiger charge is -2.29. The smallest absolute Gasteiger partial charge is 0.298 e. The Kier molecular flexibility index (Phi) is 4.21. The quantitative estimate of drug-likeness (QED) is 0.650. The van der Waals surface area contributed by atoms with E-state index in [1.165, 1.54) is 42.7 Å². The first kappa shape index (κ1) is 18.8. The van der Waals surface area contributed by atoms with Crippen molar-refractivity contribution in [1.29, 1.82) is 0 Å².